The summed E-state index contributed by atoms with van der Waals surface area (Å²) in [5.41, 5.74) is 3.45. The van der Waals surface area contributed by atoms with E-state index in [-0.39, 0.29) is 12.4 Å². The summed E-state index contributed by atoms with van der Waals surface area (Å²) in [6.45, 7) is 4.41. The van der Waals surface area contributed by atoms with Crippen LogP contribution in [0.15, 0.2) is 6.20 Å². The number of nitrogens with one attached hydrogen (secondary N) is 2. The summed E-state index contributed by atoms with van der Waals surface area (Å²) >= 11 is 2.32. The molecule has 2 saturated heterocycles. The van der Waals surface area contributed by atoms with E-state index in [0.29, 0.717) is 24.3 Å². The van der Waals surface area contributed by atoms with Gasteiger partial charge < -0.3 is 15.1 Å². The molecule has 2 aromatic rings. The third-order valence-electron chi connectivity index (χ3n) is 6.09. The molecule has 0 bridgehead atoms. The van der Waals surface area contributed by atoms with Crippen LogP contribution in [-0.4, -0.2) is 64.8 Å². The molecule has 1 unspecified atom stereocenters. The van der Waals surface area contributed by atoms with E-state index in [1.54, 1.807) is 0 Å². The summed E-state index contributed by atoms with van der Waals surface area (Å²) < 4.78 is 1.05. The maximum Gasteiger partial charge on any atom is 0.224 e. The minimum atomic E-state index is 0. The number of carbonyl (C=O) groups excluding carboxylic acids is 1. The van der Waals surface area contributed by atoms with Gasteiger partial charge in [0.25, 0.3) is 0 Å². The molecule has 5 rings (SSSR count). The molecule has 28 heavy (non-hydrogen) atoms. The summed E-state index contributed by atoms with van der Waals surface area (Å²) in [5, 5.41) is 12.0. The Balaban J connectivity index is 0.00000192. The van der Waals surface area contributed by atoms with Crippen LogP contribution in [-0.2, 0) is 4.79 Å². The Morgan fingerprint density at radius 1 is 1.21 bits per heavy atom. The van der Waals surface area contributed by atoms with Gasteiger partial charge in [-0.25, -0.2) is 4.98 Å². The van der Waals surface area contributed by atoms with Crippen LogP contribution in [0.1, 0.15) is 43.6 Å². The van der Waals surface area contributed by atoms with Gasteiger partial charge in [0, 0.05) is 44.8 Å². The van der Waals surface area contributed by atoms with Crippen molar-refractivity contribution in [3.63, 3.8) is 0 Å². The molecule has 1 aliphatic carbocycles. The Kier molecular flexibility index (Phi) is 5.98. The van der Waals surface area contributed by atoms with Crippen molar-refractivity contribution < 1.29 is 4.79 Å². The maximum atomic E-state index is 12.6. The molecule has 7 nitrogen and oxygen atoms in total. The number of nitrogens with zero attached hydrogens (tertiary/aromatic N) is 4. The number of halogens is 2. The van der Waals surface area contributed by atoms with Crippen molar-refractivity contribution >= 4 is 57.6 Å². The predicted molar refractivity (Wildman–Crippen MR) is 120 cm³/mol. The average molecular weight is 517 g/mol. The molecule has 152 valence electrons. The molecule has 1 saturated carbocycles. The van der Waals surface area contributed by atoms with Gasteiger partial charge in [-0.1, -0.05) is 0 Å². The summed E-state index contributed by atoms with van der Waals surface area (Å²) in [5.74, 6) is 0.935. The van der Waals surface area contributed by atoms with Crippen molar-refractivity contribution in [1.82, 2.24) is 25.4 Å². The molecule has 0 radical (unpaired) electrons. The number of hydrogen-bond donors (Lipinski definition) is 2. The number of piperazine rings is 1. The second-order valence-corrected chi connectivity index (χ2v) is 9.02. The lowest BCUT2D eigenvalue weighted by atomic mass is 10.1. The average Bonchev–Trinajstić information content (AvgIpc) is 3.29. The van der Waals surface area contributed by atoms with E-state index in [4.69, 9.17) is 0 Å². The molecule has 2 N–H and O–H groups in total. The second-order valence-electron chi connectivity index (χ2n) is 7.94. The molecule has 2 aromatic heterocycles. The quantitative estimate of drug-likeness (QED) is 0.611. The van der Waals surface area contributed by atoms with Gasteiger partial charge in [-0.15, -0.1) is 12.4 Å². The van der Waals surface area contributed by atoms with Gasteiger partial charge in [-0.3, -0.25) is 9.89 Å². The molecule has 2 aliphatic heterocycles. The van der Waals surface area contributed by atoms with Crippen LogP contribution in [0.3, 0.4) is 0 Å². The molecule has 1 atom stereocenters. The van der Waals surface area contributed by atoms with Crippen molar-refractivity contribution in [3.8, 4) is 0 Å². The van der Waals surface area contributed by atoms with Crippen LogP contribution in [0, 0.1) is 3.70 Å². The van der Waals surface area contributed by atoms with Crippen molar-refractivity contribution in [2.45, 2.75) is 44.1 Å². The minimum absolute atomic E-state index is 0. The lowest BCUT2D eigenvalue weighted by molar-refractivity contribution is -0.131. The summed E-state index contributed by atoms with van der Waals surface area (Å²) in [6.07, 6.45) is 7.49. The Labute approximate surface area is 184 Å². The van der Waals surface area contributed by atoms with Crippen LogP contribution in [0.25, 0.3) is 11.0 Å². The van der Waals surface area contributed by atoms with E-state index < -0.39 is 0 Å². The maximum absolute atomic E-state index is 12.6. The van der Waals surface area contributed by atoms with Crippen LogP contribution in [0.2, 0.25) is 0 Å². The number of aromatic nitrogens is 3. The molecule has 1 amide bonds. The van der Waals surface area contributed by atoms with Crippen LogP contribution in [0.5, 0.6) is 0 Å². The Hall–Kier alpha value is -1.13. The SMILES string of the molecule is Cl.O=C(CC1CCCN1)N1CCN(c2c(C3CC3)cnc3n[nH]c(I)c23)CC1. The molecule has 0 aromatic carbocycles. The number of hydrogen-bond acceptors (Lipinski definition) is 5. The minimum Gasteiger partial charge on any atom is -0.367 e. The van der Waals surface area contributed by atoms with Crippen LogP contribution < -0.4 is 10.2 Å². The van der Waals surface area contributed by atoms with E-state index >= 15 is 0 Å². The number of aromatic amines is 1. The zero-order valence-corrected chi connectivity index (χ0v) is 18.8. The molecule has 4 heterocycles. The van der Waals surface area contributed by atoms with E-state index in [1.807, 2.05) is 11.1 Å². The fourth-order valence-corrected chi connectivity index (χ4v) is 5.05. The summed E-state index contributed by atoms with van der Waals surface area (Å²) in [6, 6.07) is 0.379. The fraction of sp³-hybridized carbons (Fsp3) is 0.632. The molecular formula is C19H26ClIN6O. The number of rotatable bonds is 4. The predicted octanol–water partition coefficient (Wildman–Crippen LogP) is 2.65. The normalized spacial score (nSPS) is 22.5. The van der Waals surface area contributed by atoms with Gasteiger partial charge in [0.2, 0.25) is 5.91 Å². The topological polar surface area (TPSA) is 77.2 Å². The first kappa shape index (κ1) is 20.2. The smallest absolute Gasteiger partial charge is 0.224 e. The lowest BCUT2D eigenvalue weighted by Crippen LogP contribution is -2.50. The number of pyridine rings is 1. The van der Waals surface area contributed by atoms with Crippen LogP contribution >= 0.6 is 35.0 Å². The highest BCUT2D eigenvalue weighted by atomic mass is 127. The van der Waals surface area contributed by atoms with Gasteiger partial charge in [-0.2, -0.15) is 5.10 Å². The first-order chi connectivity index (χ1) is 13.2. The number of carbonyl (C=O) groups is 1. The Morgan fingerprint density at radius 3 is 2.68 bits per heavy atom. The highest BCUT2D eigenvalue weighted by Crippen LogP contribution is 2.46. The molecule has 9 heteroatoms. The highest BCUT2D eigenvalue weighted by molar-refractivity contribution is 14.1. The molecule has 3 fully saturated rings. The third-order valence-corrected chi connectivity index (χ3v) is 6.87. The number of amides is 1. The van der Waals surface area contributed by atoms with Gasteiger partial charge >= 0.3 is 0 Å². The number of fused-ring (bicyclic) bond motifs is 1. The standard InChI is InChI=1S/C19H25IN6O.ClH/c20-18-16-17(14(12-3-4-12)11-22-19(16)24-23-18)26-8-6-25(7-9-26)15(27)10-13-2-1-5-21-13;/h11-13,21H,1-10H2,(H,22,23,24);1H. The number of anilines is 1. The van der Waals surface area contributed by atoms with Gasteiger partial charge in [0.05, 0.1) is 11.1 Å². The summed E-state index contributed by atoms with van der Waals surface area (Å²) in [7, 11) is 0. The van der Waals surface area contributed by atoms with E-state index in [1.165, 1.54) is 30.5 Å². The molecule has 0 spiro atoms. The van der Waals surface area contributed by atoms with Gasteiger partial charge in [0.15, 0.2) is 5.65 Å². The highest BCUT2D eigenvalue weighted by Gasteiger charge is 2.32. The first-order valence-electron chi connectivity index (χ1n) is 9.99. The van der Waals surface area contributed by atoms with Gasteiger partial charge in [0.1, 0.15) is 3.70 Å². The van der Waals surface area contributed by atoms with Crippen molar-refractivity contribution in [3.05, 3.63) is 15.5 Å². The lowest BCUT2D eigenvalue weighted by Gasteiger charge is -2.37. The second kappa shape index (κ2) is 8.31. The monoisotopic (exact) mass is 516 g/mol. The van der Waals surface area contributed by atoms with Crippen molar-refractivity contribution in [2.75, 3.05) is 37.6 Å². The molecule has 3 aliphatic rings. The van der Waals surface area contributed by atoms with E-state index in [9.17, 15) is 4.79 Å². The van der Waals surface area contributed by atoms with Crippen molar-refractivity contribution in [1.29, 1.82) is 0 Å². The van der Waals surface area contributed by atoms with E-state index in [0.717, 1.165) is 53.9 Å². The fourth-order valence-electron chi connectivity index (χ4n) is 4.44. The van der Waals surface area contributed by atoms with Gasteiger partial charge in [-0.05, 0) is 66.3 Å². The first-order valence-corrected chi connectivity index (χ1v) is 11.1. The van der Waals surface area contributed by atoms with Crippen LogP contribution in [0.4, 0.5) is 5.69 Å². The van der Waals surface area contributed by atoms with Crippen molar-refractivity contribution in [2.24, 2.45) is 0 Å². The van der Waals surface area contributed by atoms with E-state index in [2.05, 4.69) is 48.0 Å². The zero-order chi connectivity index (χ0) is 18.4. The third kappa shape index (κ3) is 3.82. The summed E-state index contributed by atoms with van der Waals surface area (Å²) in [4.78, 5) is 21.7. The molecular weight excluding hydrogens is 491 g/mol. The Morgan fingerprint density at radius 2 is 2.00 bits per heavy atom. The zero-order valence-electron chi connectivity index (χ0n) is 15.8. The number of H-pyrrole nitrogens is 1. The largest absolute Gasteiger partial charge is 0.367 e. The Bertz CT molecular complexity index is 855.